The minimum absolute atomic E-state index is 0.202. The van der Waals surface area contributed by atoms with Crippen LogP contribution >= 0.6 is 23.2 Å². The molecular weight excluding hydrogens is 427 g/mol. The largest absolute Gasteiger partial charge is 0.383 e. The Morgan fingerprint density at radius 3 is 2.63 bits per heavy atom. The zero-order chi connectivity index (χ0) is 21.3. The molecule has 0 radical (unpaired) electrons. The predicted octanol–water partition coefficient (Wildman–Crippen LogP) is 3.55. The van der Waals surface area contributed by atoms with Crippen LogP contribution in [0.5, 0.6) is 0 Å². The molecule has 4 rings (SSSR count). The van der Waals surface area contributed by atoms with Crippen LogP contribution in [0.15, 0.2) is 58.3 Å². The first kappa shape index (κ1) is 20.4. The van der Waals surface area contributed by atoms with Crippen LogP contribution in [-0.2, 0) is 17.8 Å². The molecule has 154 valence electrons. The molecule has 0 aliphatic rings. The number of rotatable bonds is 6. The van der Waals surface area contributed by atoms with Crippen molar-refractivity contribution in [3.8, 4) is 11.3 Å². The van der Waals surface area contributed by atoms with Crippen LogP contribution in [0.3, 0.4) is 0 Å². The van der Waals surface area contributed by atoms with E-state index in [1.165, 1.54) is 15.3 Å². The number of methoxy groups -OCH3 is 1. The van der Waals surface area contributed by atoms with Crippen molar-refractivity contribution in [2.45, 2.75) is 13.1 Å². The molecular formula is C21H18Cl2N4O3. The third-order valence-corrected chi connectivity index (χ3v) is 5.52. The van der Waals surface area contributed by atoms with Crippen molar-refractivity contribution >= 4 is 34.1 Å². The molecule has 1 aromatic carbocycles. The predicted molar refractivity (Wildman–Crippen MR) is 117 cm³/mol. The number of pyridine rings is 2. The van der Waals surface area contributed by atoms with Gasteiger partial charge in [0.2, 0.25) is 0 Å². The maximum Gasteiger partial charge on any atom is 0.276 e. The zero-order valence-corrected chi connectivity index (χ0v) is 17.6. The minimum atomic E-state index is -0.269. The number of benzene rings is 1. The monoisotopic (exact) mass is 444 g/mol. The van der Waals surface area contributed by atoms with Gasteiger partial charge in [-0.15, -0.1) is 0 Å². The lowest BCUT2D eigenvalue weighted by Crippen LogP contribution is -2.24. The number of ether oxygens (including phenoxy) is 1. The Morgan fingerprint density at radius 2 is 1.93 bits per heavy atom. The summed E-state index contributed by atoms with van der Waals surface area (Å²) in [4.78, 5) is 30.5. The molecule has 7 nitrogen and oxygen atoms in total. The van der Waals surface area contributed by atoms with Gasteiger partial charge in [0.25, 0.3) is 11.1 Å². The summed E-state index contributed by atoms with van der Waals surface area (Å²) in [5, 5.41) is 4.11. The van der Waals surface area contributed by atoms with E-state index in [4.69, 9.17) is 27.9 Å². The number of nitrogens with zero attached hydrogens (tertiary/aromatic N) is 3. The van der Waals surface area contributed by atoms with Gasteiger partial charge in [0, 0.05) is 24.9 Å². The maximum atomic E-state index is 13.2. The van der Waals surface area contributed by atoms with Crippen LogP contribution in [0.4, 0.5) is 0 Å². The average Bonchev–Trinajstić information content (AvgIpc) is 3.05. The zero-order valence-electron chi connectivity index (χ0n) is 16.1. The fraction of sp³-hybridized carbons (Fsp3) is 0.190. The van der Waals surface area contributed by atoms with Gasteiger partial charge in [-0.2, -0.15) is 0 Å². The smallest absolute Gasteiger partial charge is 0.276 e. The number of H-pyrrole nitrogens is 1. The van der Waals surface area contributed by atoms with E-state index in [-0.39, 0.29) is 17.7 Å². The first-order chi connectivity index (χ1) is 14.5. The molecule has 3 aromatic heterocycles. The number of fused-ring (bicyclic) bond motifs is 1. The molecule has 0 saturated carbocycles. The highest BCUT2D eigenvalue weighted by atomic mass is 35.5. The normalized spacial score (nSPS) is 11.3. The minimum Gasteiger partial charge on any atom is -0.383 e. The lowest BCUT2D eigenvalue weighted by atomic mass is 10.1. The third kappa shape index (κ3) is 3.79. The molecule has 9 heteroatoms. The van der Waals surface area contributed by atoms with Crippen LogP contribution in [0.2, 0.25) is 10.0 Å². The van der Waals surface area contributed by atoms with Crippen molar-refractivity contribution in [1.82, 2.24) is 19.3 Å². The third-order valence-electron chi connectivity index (χ3n) is 4.78. The van der Waals surface area contributed by atoms with E-state index in [2.05, 4.69) is 10.1 Å². The highest BCUT2D eigenvalue weighted by Gasteiger charge is 2.19. The second-order valence-electron chi connectivity index (χ2n) is 6.72. The maximum absolute atomic E-state index is 13.2. The van der Waals surface area contributed by atoms with Crippen LogP contribution in [-0.4, -0.2) is 33.0 Å². The lowest BCUT2D eigenvalue weighted by Gasteiger charge is -2.14. The van der Waals surface area contributed by atoms with E-state index in [0.29, 0.717) is 51.1 Å². The molecule has 1 N–H and O–H groups in total. The Bertz CT molecular complexity index is 1330. The van der Waals surface area contributed by atoms with Gasteiger partial charge < -0.3 is 9.30 Å². The molecule has 0 spiro atoms. The molecule has 30 heavy (non-hydrogen) atoms. The Hall–Kier alpha value is -2.87. The number of nitrogens with one attached hydrogen (secondary N) is 1. The lowest BCUT2D eigenvalue weighted by molar-refractivity contribution is 0.183. The van der Waals surface area contributed by atoms with Crippen molar-refractivity contribution in [3.63, 3.8) is 0 Å². The summed E-state index contributed by atoms with van der Waals surface area (Å²) < 4.78 is 8.04. The Labute approximate surface area is 181 Å². The molecule has 0 amide bonds. The highest BCUT2D eigenvalue weighted by Crippen LogP contribution is 2.31. The molecule has 3 heterocycles. The standard InChI is InChI=1S/C21H18Cl2N4O3/c1-30-9-8-27-21(29)19-17(25-27)11-18(28)26(12-14-4-2-3-7-24-14)20(19)13-5-6-15(22)16(23)10-13/h2-7,10-11,25H,8-9,12H2,1H3. The second-order valence-corrected chi connectivity index (χ2v) is 7.53. The van der Waals surface area contributed by atoms with Gasteiger partial charge >= 0.3 is 0 Å². The summed E-state index contributed by atoms with van der Waals surface area (Å²) in [5.41, 5.74) is 1.68. The van der Waals surface area contributed by atoms with Gasteiger partial charge in [-0.3, -0.25) is 19.7 Å². The average molecular weight is 445 g/mol. The molecule has 4 aromatic rings. The van der Waals surface area contributed by atoms with E-state index in [0.717, 1.165) is 0 Å². The second kappa shape index (κ2) is 8.47. The summed E-state index contributed by atoms with van der Waals surface area (Å²) in [6.07, 6.45) is 1.66. The van der Waals surface area contributed by atoms with Crippen LogP contribution in [0.1, 0.15) is 5.69 Å². The van der Waals surface area contributed by atoms with Crippen LogP contribution < -0.4 is 11.1 Å². The molecule has 0 saturated heterocycles. The Kier molecular flexibility index (Phi) is 5.76. The number of aromatic nitrogens is 4. The molecule has 0 aliphatic carbocycles. The van der Waals surface area contributed by atoms with Gasteiger partial charge in [-0.1, -0.05) is 35.3 Å². The van der Waals surface area contributed by atoms with Crippen LogP contribution in [0.25, 0.3) is 22.2 Å². The van der Waals surface area contributed by atoms with Crippen molar-refractivity contribution in [2.75, 3.05) is 13.7 Å². The van der Waals surface area contributed by atoms with Crippen molar-refractivity contribution in [1.29, 1.82) is 0 Å². The number of hydrogen-bond donors (Lipinski definition) is 1. The van der Waals surface area contributed by atoms with Gasteiger partial charge in [0.05, 0.1) is 52.0 Å². The first-order valence-electron chi connectivity index (χ1n) is 9.20. The molecule has 0 fully saturated rings. The summed E-state index contributed by atoms with van der Waals surface area (Å²) in [7, 11) is 1.56. The summed E-state index contributed by atoms with van der Waals surface area (Å²) in [6.45, 7) is 0.889. The van der Waals surface area contributed by atoms with Gasteiger partial charge in [-0.25, -0.2) is 4.68 Å². The Balaban J connectivity index is 2.02. The summed E-state index contributed by atoms with van der Waals surface area (Å²) in [5.74, 6) is 0. The van der Waals surface area contributed by atoms with E-state index >= 15 is 0 Å². The van der Waals surface area contributed by atoms with Gasteiger partial charge in [0.1, 0.15) is 0 Å². The number of aromatic amines is 1. The highest BCUT2D eigenvalue weighted by molar-refractivity contribution is 6.42. The number of halogens is 2. The van der Waals surface area contributed by atoms with E-state index in [1.807, 2.05) is 12.1 Å². The molecule has 0 unspecified atom stereocenters. The van der Waals surface area contributed by atoms with Gasteiger partial charge in [-0.05, 0) is 24.3 Å². The topological polar surface area (TPSA) is 81.9 Å². The quantitative estimate of drug-likeness (QED) is 0.492. The molecule has 0 atom stereocenters. The molecule has 0 aliphatic heterocycles. The Morgan fingerprint density at radius 1 is 1.10 bits per heavy atom. The number of hydrogen-bond acceptors (Lipinski definition) is 4. The van der Waals surface area contributed by atoms with Crippen molar-refractivity contribution < 1.29 is 4.74 Å². The SMILES string of the molecule is COCCn1[nH]c2cc(=O)n(Cc3ccccn3)c(-c3ccc(Cl)c(Cl)c3)c2c1=O. The summed E-state index contributed by atoms with van der Waals surface area (Å²) >= 11 is 12.3. The molecule has 0 bridgehead atoms. The fourth-order valence-electron chi connectivity index (χ4n) is 3.38. The fourth-order valence-corrected chi connectivity index (χ4v) is 3.67. The van der Waals surface area contributed by atoms with Crippen molar-refractivity contribution in [3.05, 3.63) is 85.1 Å². The first-order valence-corrected chi connectivity index (χ1v) is 9.96. The van der Waals surface area contributed by atoms with E-state index in [9.17, 15) is 9.59 Å². The van der Waals surface area contributed by atoms with Gasteiger partial charge in [0.15, 0.2) is 0 Å². The van der Waals surface area contributed by atoms with Crippen molar-refractivity contribution in [2.24, 2.45) is 0 Å². The summed E-state index contributed by atoms with van der Waals surface area (Å²) in [6, 6.07) is 11.9. The van der Waals surface area contributed by atoms with Crippen LogP contribution in [0, 0.1) is 0 Å². The van der Waals surface area contributed by atoms with E-state index in [1.54, 1.807) is 37.6 Å². The van der Waals surface area contributed by atoms with E-state index < -0.39 is 0 Å².